The van der Waals surface area contributed by atoms with E-state index in [0.29, 0.717) is 15.9 Å². The summed E-state index contributed by atoms with van der Waals surface area (Å²) in [6.07, 6.45) is 2.79. The molecule has 0 atom stereocenters. The van der Waals surface area contributed by atoms with Gasteiger partial charge in [-0.05, 0) is 37.5 Å². The first-order valence-electron chi connectivity index (χ1n) is 7.77. The third-order valence-corrected chi connectivity index (χ3v) is 4.72. The number of H-pyrrole nitrogens is 1. The molecule has 5 nitrogen and oxygen atoms in total. The first-order valence-corrected chi connectivity index (χ1v) is 9.14. The number of thioether (sulfide) groups is 1. The standard InChI is InChI=1S/C17H20ClN3O2S/c1-3-4-6-12-9-15(22)21-17(19-12)24-10-16(23)20-14-8-5-7-13(18)11(14)2/h5,7-9H,3-4,6,10H2,1-2H3,(H,20,23)(H,19,21,22). The fourth-order valence-corrected chi connectivity index (χ4v) is 2.97. The highest BCUT2D eigenvalue weighted by atomic mass is 35.5. The Morgan fingerprint density at radius 1 is 1.42 bits per heavy atom. The van der Waals surface area contributed by atoms with Crippen molar-refractivity contribution in [1.82, 2.24) is 9.97 Å². The first-order chi connectivity index (χ1) is 11.5. The molecule has 0 aliphatic rings. The molecular weight excluding hydrogens is 346 g/mol. The van der Waals surface area contributed by atoms with Crippen molar-refractivity contribution in [2.24, 2.45) is 0 Å². The van der Waals surface area contributed by atoms with Gasteiger partial charge in [-0.3, -0.25) is 9.59 Å². The maximum atomic E-state index is 12.1. The second kappa shape index (κ2) is 8.89. The fraction of sp³-hybridized carbons (Fsp3) is 0.353. The van der Waals surface area contributed by atoms with Crippen LogP contribution in [-0.4, -0.2) is 21.6 Å². The molecule has 1 aromatic carbocycles. The largest absolute Gasteiger partial charge is 0.325 e. The Kier molecular flexibility index (Phi) is 6.87. The van der Waals surface area contributed by atoms with Gasteiger partial charge in [0.15, 0.2) is 5.16 Å². The summed E-state index contributed by atoms with van der Waals surface area (Å²) in [4.78, 5) is 30.8. The molecule has 2 N–H and O–H groups in total. The van der Waals surface area contributed by atoms with E-state index in [9.17, 15) is 9.59 Å². The monoisotopic (exact) mass is 365 g/mol. The van der Waals surface area contributed by atoms with Crippen LogP contribution in [0.5, 0.6) is 0 Å². The zero-order chi connectivity index (χ0) is 17.5. The number of anilines is 1. The third-order valence-electron chi connectivity index (χ3n) is 3.44. The van der Waals surface area contributed by atoms with Crippen molar-refractivity contribution >= 4 is 35.0 Å². The number of hydrogen-bond donors (Lipinski definition) is 2. The number of aromatic amines is 1. The molecule has 7 heteroatoms. The van der Waals surface area contributed by atoms with Gasteiger partial charge < -0.3 is 10.3 Å². The summed E-state index contributed by atoms with van der Waals surface area (Å²) in [7, 11) is 0. The van der Waals surface area contributed by atoms with E-state index < -0.39 is 0 Å². The topological polar surface area (TPSA) is 74.8 Å². The molecule has 0 unspecified atom stereocenters. The lowest BCUT2D eigenvalue weighted by Crippen LogP contribution is -2.16. The molecular formula is C17H20ClN3O2S. The molecule has 0 radical (unpaired) electrons. The number of rotatable bonds is 7. The fourth-order valence-electron chi connectivity index (χ4n) is 2.10. The van der Waals surface area contributed by atoms with E-state index in [-0.39, 0.29) is 17.2 Å². The van der Waals surface area contributed by atoms with Crippen molar-refractivity contribution in [2.45, 2.75) is 38.3 Å². The van der Waals surface area contributed by atoms with Crippen LogP contribution in [0.15, 0.2) is 34.2 Å². The van der Waals surface area contributed by atoms with Crippen molar-refractivity contribution in [2.75, 3.05) is 11.1 Å². The lowest BCUT2D eigenvalue weighted by atomic mass is 10.2. The quantitative estimate of drug-likeness (QED) is 0.578. The van der Waals surface area contributed by atoms with Crippen LogP contribution in [0, 0.1) is 6.92 Å². The van der Waals surface area contributed by atoms with Crippen molar-refractivity contribution in [1.29, 1.82) is 0 Å². The molecule has 24 heavy (non-hydrogen) atoms. The zero-order valence-corrected chi connectivity index (χ0v) is 15.3. The van der Waals surface area contributed by atoms with Crippen LogP contribution >= 0.6 is 23.4 Å². The maximum absolute atomic E-state index is 12.1. The average molecular weight is 366 g/mol. The summed E-state index contributed by atoms with van der Waals surface area (Å²) < 4.78 is 0. The van der Waals surface area contributed by atoms with Gasteiger partial charge in [0.2, 0.25) is 5.91 Å². The van der Waals surface area contributed by atoms with Gasteiger partial charge in [0.25, 0.3) is 5.56 Å². The SMILES string of the molecule is CCCCc1cc(=O)[nH]c(SCC(=O)Nc2cccc(Cl)c2C)n1. The second-order valence-electron chi connectivity index (χ2n) is 5.39. The lowest BCUT2D eigenvalue weighted by molar-refractivity contribution is -0.113. The minimum absolute atomic E-state index is 0.159. The molecule has 0 saturated heterocycles. The molecule has 0 saturated carbocycles. The van der Waals surface area contributed by atoms with E-state index in [2.05, 4.69) is 22.2 Å². The highest BCUT2D eigenvalue weighted by Gasteiger charge is 2.09. The molecule has 0 fully saturated rings. The Morgan fingerprint density at radius 3 is 2.96 bits per heavy atom. The van der Waals surface area contributed by atoms with E-state index in [1.807, 2.05) is 6.92 Å². The average Bonchev–Trinajstić information content (AvgIpc) is 2.55. The molecule has 0 bridgehead atoms. The molecule has 1 amide bonds. The number of aromatic nitrogens is 2. The Bertz CT molecular complexity index is 777. The maximum Gasteiger partial charge on any atom is 0.251 e. The van der Waals surface area contributed by atoms with Crippen LogP contribution in [0.2, 0.25) is 5.02 Å². The molecule has 0 aliphatic heterocycles. The second-order valence-corrected chi connectivity index (χ2v) is 6.77. The van der Waals surface area contributed by atoms with Crippen LogP contribution in [-0.2, 0) is 11.2 Å². The number of halogens is 1. The van der Waals surface area contributed by atoms with Gasteiger partial charge in [0, 0.05) is 22.5 Å². The first kappa shape index (κ1) is 18.5. The summed E-state index contributed by atoms with van der Waals surface area (Å²) in [5, 5.41) is 3.89. The number of nitrogens with one attached hydrogen (secondary N) is 2. The number of unbranched alkanes of at least 4 members (excludes halogenated alkanes) is 1. The summed E-state index contributed by atoms with van der Waals surface area (Å²) in [6.45, 7) is 3.94. The normalized spacial score (nSPS) is 10.6. The number of amides is 1. The van der Waals surface area contributed by atoms with Crippen LogP contribution in [0.1, 0.15) is 31.0 Å². The Labute approximate surface area is 150 Å². The Balaban J connectivity index is 1.97. The molecule has 128 valence electrons. The zero-order valence-electron chi connectivity index (χ0n) is 13.7. The number of carbonyl (C=O) groups is 1. The summed E-state index contributed by atoms with van der Waals surface area (Å²) in [6, 6.07) is 6.87. The van der Waals surface area contributed by atoms with Crippen LogP contribution < -0.4 is 10.9 Å². The predicted octanol–water partition coefficient (Wildman–Crippen LogP) is 3.81. The van der Waals surface area contributed by atoms with Crippen molar-refractivity contribution in [3.05, 3.63) is 50.9 Å². The third kappa shape index (κ3) is 5.39. The Hall–Kier alpha value is -1.79. The highest BCUT2D eigenvalue weighted by Crippen LogP contribution is 2.23. The van der Waals surface area contributed by atoms with Crippen molar-refractivity contribution in [3.63, 3.8) is 0 Å². The number of hydrogen-bond acceptors (Lipinski definition) is 4. The molecule has 0 spiro atoms. The minimum Gasteiger partial charge on any atom is -0.325 e. The minimum atomic E-state index is -0.190. The molecule has 1 heterocycles. The number of aryl methyl sites for hydroxylation is 1. The molecule has 0 aliphatic carbocycles. The highest BCUT2D eigenvalue weighted by molar-refractivity contribution is 7.99. The van der Waals surface area contributed by atoms with Gasteiger partial charge in [-0.15, -0.1) is 0 Å². The van der Waals surface area contributed by atoms with Gasteiger partial charge in [-0.2, -0.15) is 0 Å². The van der Waals surface area contributed by atoms with E-state index in [0.717, 1.165) is 30.5 Å². The number of benzene rings is 1. The van der Waals surface area contributed by atoms with E-state index in [4.69, 9.17) is 11.6 Å². The number of carbonyl (C=O) groups excluding carboxylic acids is 1. The van der Waals surface area contributed by atoms with Crippen LogP contribution in [0.25, 0.3) is 0 Å². The van der Waals surface area contributed by atoms with Gasteiger partial charge in [-0.1, -0.05) is 42.8 Å². The predicted molar refractivity (Wildman–Crippen MR) is 99.0 cm³/mol. The van der Waals surface area contributed by atoms with Crippen molar-refractivity contribution in [3.8, 4) is 0 Å². The Morgan fingerprint density at radius 2 is 2.21 bits per heavy atom. The van der Waals surface area contributed by atoms with Crippen molar-refractivity contribution < 1.29 is 4.79 Å². The molecule has 2 aromatic rings. The van der Waals surface area contributed by atoms with Gasteiger partial charge in [-0.25, -0.2) is 4.98 Å². The summed E-state index contributed by atoms with van der Waals surface area (Å²) in [5.74, 6) is -0.0152. The molecule has 2 rings (SSSR count). The van der Waals surface area contributed by atoms with E-state index in [1.165, 1.54) is 17.8 Å². The van der Waals surface area contributed by atoms with E-state index >= 15 is 0 Å². The van der Waals surface area contributed by atoms with Crippen LogP contribution in [0.3, 0.4) is 0 Å². The van der Waals surface area contributed by atoms with Gasteiger partial charge in [0.1, 0.15) is 0 Å². The summed E-state index contributed by atoms with van der Waals surface area (Å²) in [5.41, 5.74) is 2.08. The van der Waals surface area contributed by atoms with Gasteiger partial charge >= 0.3 is 0 Å². The smallest absolute Gasteiger partial charge is 0.251 e. The number of nitrogens with zero attached hydrogens (tertiary/aromatic N) is 1. The molecule has 1 aromatic heterocycles. The van der Waals surface area contributed by atoms with E-state index in [1.54, 1.807) is 18.2 Å². The van der Waals surface area contributed by atoms with Gasteiger partial charge in [0.05, 0.1) is 5.75 Å². The van der Waals surface area contributed by atoms with Crippen LogP contribution in [0.4, 0.5) is 5.69 Å². The lowest BCUT2D eigenvalue weighted by Gasteiger charge is -2.09. The summed E-state index contributed by atoms with van der Waals surface area (Å²) >= 11 is 7.25.